The zero-order chi connectivity index (χ0) is 13.8. The maximum atomic E-state index is 5.15. The van der Waals surface area contributed by atoms with E-state index in [1.54, 1.807) is 7.11 Å². The van der Waals surface area contributed by atoms with Gasteiger partial charge in [0, 0.05) is 37.0 Å². The van der Waals surface area contributed by atoms with Crippen LogP contribution in [0, 0.1) is 0 Å². The number of aromatic nitrogens is 2. The van der Waals surface area contributed by atoms with Crippen LogP contribution < -0.4 is 10.1 Å². The summed E-state index contributed by atoms with van der Waals surface area (Å²) in [4.78, 5) is 8.87. The maximum absolute atomic E-state index is 5.15. The van der Waals surface area contributed by atoms with E-state index in [-0.39, 0.29) is 0 Å². The first-order valence-corrected chi connectivity index (χ1v) is 6.99. The molecule has 3 rings (SSSR count). The van der Waals surface area contributed by atoms with Gasteiger partial charge in [0.2, 0.25) is 0 Å². The van der Waals surface area contributed by atoms with Crippen LogP contribution >= 0.6 is 0 Å². The molecule has 0 radical (unpaired) electrons. The van der Waals surface area contributed by atoms with Gasteiger partial charge in [-0.1, -0.05) is 12.1 Å². The molecule has 1 aromatic carbocycles. The van der Waals surface area contributed by atoms with Crippen molar-refractivity contribution in [3.05, 3.63) is 53.6 Å². The fourth-order valence-corrected chi connectivity index (χ4v) is 2.04. The molecular weight excluding hydrogens is 250 g/mol. The summed E-state index contributed by atoms with van der Waals surface area (Å²) >= 11 is 0. The lowest BCUT2D eigenvalue weighted by Gasteiger charge is -2.05. The minimum absolute atomic E-state index is 0.717. The highest BCUT2D eigenvalue weighted by atomic mass is 16.5. The van der Waals surface area contributed by atoms with E-state index in [2.05, 4.69) is 15.3 Å². The average Bonchev–Trinajstić information content (AvgIpc) is 3.32. The maximum Gasteiger partial charge on any atom is 0.132 e. The first-order chi connectivity index (χ1) is 9.83. The molecule has 0 bridgehead atoms. The smallest absolute Gasteiger partial charge is 0.132 e. The van der Waals surface area contributed by atoms with Crippen molar-refractivity contribution in [3.63, 3.8) is 0 Å². The van der Waals surface area contributed by atoms with E-state index in [0.717, 1.165) is 30.1 Å². The van der Waals surface area contributed by atoms with E-state index in [4.69, 9.17) is 4.74 Å². The molecule has 1 aliphatic carbocycles. The molecule has 1 aliphatic rings. The predicted molar refractivity (Wildman–Crippen MR) is 77.7 cm³/mol. The Morgan fingerprint density at radius 1 is 1.10 bits per heavy atom. The lowest BCUT2D eigenvalue weighted by atomic mass is 10.1. The summed E-state index contributed by atoms with van der Waals surface area (Å²) in [6, 6.07) is 8.73. The minimum atomic E-state index is 0.717. The first kappa shape index (κ1) is 13.1. The second kappa shape index (κ2) is 6.01. The SMILES string of the molecule is COc1ccc(Cc2ncc(CNC3CC3)cn2)cc1. The average molecular weight is 269 g/mol. The van der Waals surface area contributed by atoms with Crippen molar-refractivity contribution >= 4 is 0 Å². The van der Waals surface area contributed by atoms with Crippen molar-refractivity contribution in [3.8, 4) is 5.75 Å². The van der Waals surface area contributed by atoms with Crippen LogP contribution in [0.25, 0.3) is 0 Å². The summed E-state index contributed by atoms with van der Waals surface area (Å²) in [6.07, 6.45) is 7.19. The normalized spacial score (nSPS) is 14.2. The van der Waals surface area contributed by atoms with Gasteiger partial charge in [-0.25, -0.2) is 9.97 Å². The quantitative estimate of drug-likeness (QED) is 0.874. The predicted octanol–water partition coefficient (Wildman–Crippen LogP) is 2.33. The molecule has 0 spiro atoms. The van der Waals surface area contributed by atoms with E-state index in [9.17, 15) is 0 Å². The van der Waals surface area contributed by atoms with Crippen LogP contribution in [0.2, 0.25) is 0 Å². The Labute approximate surface area is 119 Å². The van der Waals surface area contributed by atoms with Gasteiger partial charge in [0.15, 0.2) is 0 Å². The molecule has 0 saturated heterocycles. The number of methoxy groups -OCH3 is 1. The Hall–Kier alpha value is -1.94. The van der Waals surface area contributed by atoms with Crippen molar-refractivity contribution in [1.82, 2.24) is 15.3 Å². The molecule has 0 amide bonds. The molecule has 1 heterocycles. The van der Waals surface area contributed by atoms with Crippen LogP contribution in [0.5, 0.6) is 5.75 Å². The highest BCUT2D eigenvalue weighted by molar-refractivity contribution is 5.28. The van der Waals surface area contributed by atoms with E-state index >= 15 is 0 Å². The number of rotatable bonds is 6. The second-order valence-electron chi connectivity index (χ2n) is 5.19. The molecule has 0 atom stereocenters. The third kappa shape index (κ3) is 3.54. The van der Waals surface area contributed by atoms with Crippen molar-refractivity contribution in [2.75, 3.05) is 7.11 Å². The van der Waals surface area contributed by atoms with Crippen LogP contribution in [0.4, 0.5) is 0 Å². The summed E-state index contributed by atoms with van der Waals surface area (Å²) < 4.78 is 5.15. The van der Waals surface area contributed by atoms with E-state index in [1.807, 2.05) is 36.7 Å². The Bertz CT molecular complexity index is 547. The van der Waals surface area contributed by atoms with Crippen LogP contribution in [0.3, 0.4) is 0 Å². The van der Waals surface area contributed by atoms with Gasteiger partial charge in [0.25, 0.3) is 0 Å². The van der Waals surface area contributed by atoms with Gasteiger partial charge < -0.3 is 10.1 Å². The van der Waals surface area contributed by atoms with Gasteiger partial charge in [-0.2, -0.15) is 0 Å². The second-order valence-corrected chi connectivity index (χ2v) is 5.19. The molecule has 0 unspecified atom stereocenters. The molecular formula is C16H19N3O. The third-order valence-corrected chi connectivity index (χ3v) is 3.45. The Kier molecular flexibility index (Phi) is 3.92. The van der Waals surface area contributed by atoms with Crippen molar-refractivity contribution in [2.24, 2.45) is 0 Å². The molecule has 2 aromatic rings. The highest BCUT2D eigenvalue weighted by Crippen LogP contribution is 2.19. The number of hydrogen-bond acceptors (Lipinski definition) is 4. The number of ether oxygens (including phenoxy) is 1. The summed E-state index contributed by atoms with van der Waals surface area (Å²) in [6.45, 7) is 0.869. The van der Waals surface area contributed by atoms with Crippen molar-refractivity contribution in [2.45, 2.75) is 31.8 Å². The standard InChI is InChI=1S/C16H19N3O/c1-20-15-6-2-12(3-7-15)8-16-18-10-13(11-19-16)9-17-14-4-5-14/h2-3,6-7,10-11,14,17H,4-5,8-9H2,1H3. The van der Waals surface area contributed by atoms with E-state index in [0.29, 0.717) is 6.04 Å². The Morgan fingerprint density at radius 2 is 1.80 bits per heavy atom. The van der Waals surface area contributed by atoms with Crippen molar-refractivity contribution in [1.29, 1.82) is 0 Å². The molecule has 1 N–H and O–H groups in total. The largest absolute Gasteiger partial charge is 0.497 e. The van der Waals surface area contributed by atoms with Gasteiger partial charge in [-0.15, -0.1) is 0 Å². The lowest BCUT2D eigenvalue weighted by Crippen LogP contribution is -2.15. The minimum Gasteiger partial charge on any atom is -0.497 e. The number of nitrogens with one attached hydrogen (secondary N) is 1. The van der Waals surface area contributed by atoms with Crippen molar-refractivity contribution < 1.29 is 4.74 Å². The molecule has 1 fully saturated rings. The molecule has 20 heavy (non-hydrogen) atoms. The molecule has 0 aliphatic heterocycles. The van der Waals surface area contributed by atoms with Gasteiger partial charge >= 0.3 is 0 Å². The molecule has 1 aromatic heterocycles. The summed E-state index contributed by atoms with van der Waals surface area (Å²) in [7, 11) is 1.67. The van der Waals surface area contributed by atoms with Crippen LogP contribution in [-0.4, -0.2) is 23.1 Å². The van der Waals surface area contributed by atoms with Crippen LogP contribution in [-0.2, 0) is 13.0 Å². The summed E-state index contributed by atoms with van der Waals surface area (Å²) in [5, 5.41) is 3.46. The number of hydrogen-bond donors (Lipinski definition) is 1. The zero-order valence-corrected chi connectivity index (χ0v) is 11.7. The fourth-order valence-electron chi connectivity index (χ4n) is 2.04. The Morgan fingerprint density at radius 3 is 2.40 bits per heavy atom. The topological polar surface area (TPSA) is 47.0 Å². The third-order valence-electron chi connectivity index (χ3n) is 3.45. The molecule has 104 valence electrons. The number of benzene rings is 1. The fraction of sp³-hybridized carbons (Fsp3) is 0.375. The Balaban J connectivity index is 1.58. The highest BCUT2D eigenvalue weighted by Gasteiger charge is 2.19. The van der Waals surface area contributed by atoms with E-state index in [1.165, 1.54) is 18.4 Å². The van der Waals surface area contributed by atoms with Crippen LogP contribution in [0.1, 0.15) is 29.8 Å². The zero-order valence-electron chi connectivity index (χ0n) is 11.7. The lowest BCUT2D eigenvalue weighted by molar-refractivity contribution is 0.414. The first-order valence-electron chi connectivity index (χ1n) is 6.99. The number of nitrogens with zero attached hydrogens (tertiary/aromatic N) is 2. The van der Waals surface area contributed by atoms with Gasteiger partial charge in [-0.05, 0) is 30.5 Å². The summed E-state index contributed by atoms with van der Waals surface area (Å²) in [5.41, 5.74) is 2.34. The molecule has 4 heteroatoms. The van der Waals surface area contributed by atoms with Gasteiger partial charge in [0.1, 0.15) is 11.6 Å². The molecule has 1 saturated carbocycles. The molecule has 4 nitrogen and oxygen atoms in total. The van der Waals surface area contributed by atoms with Crippen LogP contribution in [0.15, 0.2) is 36.7 Å². The van der Waals surface area contributed by atoms with E-state index < -0.39 is 0 Å². The summed E-state index contributed by atoms with van der Waals surface area (Å²) in [5.74, 6) is 1.72. The van der Waals surface area contributed by atoms with Gasteiger partial charge in [-0.3, -0.25) is 0 Å². The monoisotopic (exact) mass is 269 g/mol. The van der Waals surface area contributed by atoms with Gasteiger partial charge in [0.05, 0.1) is 7.11 Å².